The van der Waals surface area contributed by atoms with Crippen LogP contribution in [-0.4, -0.2) is 26.3 Å². The Morgan fingerprint density at radius 2 is 2.08 bits per heavy atom. The molecule has 130 valence electrons. The topological polar surface area (TPSA) is 94.5 Å². The van der Waals surface area contributed by atoms with Crippen molar-refractivity contribution in [3.05, 3.63) is 41.8 Å². The quantitative estimate of drug-likeness (QED) is 0.675. The summed E-state index contributed by atoms with van der Waals surface area (Å²) in [5, 5.41) is 7.18. The van der Waals surface area contributed by atoms with Gasteiger partial charge < -0.3 is 10.5 Å². The molecule has 0 saturated carbocycles. The summed E-state index contributed by atoms with van der Waals surface area (Å²) in [6, 6.07) is 7.19. The van der Waals surface area contributed by atoms with Crippen molar-refractivity contribution in [3.8, 4) is 11.1 Å². The molecule has 3 aromatic heterocycles. The molecule has 1 amide bonds. The van der Waals surface area contributed by atoms with Crippen LogP contribution in [0.2, 0.25) is 5.15 Å². The van der Waals surface area contributed by atoms with E-state index in [1.807, 2.05) is 12.1 Å². The van der Waals surface area contributed by atoms with Gasteiger partial charge in [0.25, 0.3) is 0 Å². The molecule has 0 radical (unpaired) electrons. The zero-order chi connectivity index (χ0) is 18.2. The van der Waals surface area contributed by atoms with E-state index in [1.165, 1.54) is 6.20 Å². The number of anilines is 2. The number of nitrogens with two attached hydrogens (primary N) is 1. The molecule has 0 unspecified atom stereocenters. The SMILES string of the molecule is CC(C)(C)OC(=O)Nc1cnc(Cl)cc1-c1ccn2nc(N)cc2c1. The predicted molar refractivity (Wildman–Crippen MR) is 97.7 cm³/mol. The van der Waals surface area contributed by atoms with Crippen molar-refractivity contribution in [3.63, 3.8) is 0 Å². The highest BCUT2D eigenvalue weighted by molar-refractivity contribution is 6.29. The minimum atomic E-state index is -0.599. The molecule has 0 bridgehead atoms. The number of aromatic nitrogens is 3. The van der Waals surface area contributed by atoms with Crippen molar-refractivity contribution >= 4 is 34.7 Å². The van der Waals surface area contributed by atoms with E-state index >= 15 is 0 Å². The Hall–Kier alpha value is -2.80. The average Bonchev–Trinajstić information content (AvgIpc) is 2.86. The lowest BCUT2D eigenvalue weighted by Gasteiger charge is -2.20. The van der Waals surface area contributed by atoms with E-state index in [9.17, 15) is 4.79 Å². The summed E-state index contributed by atoms with van der Waals surface area (Å²) in [6.07, 6.45) is 2.72. The van der Waals surface area contributed by atoms with Crippen molar-refractivity contribution in [1.82, 2.24) is 14.6 Å². The second-order valence-corrected chi connectivity index (χ2v) is 6.92. The lowest BCUT2D eigenvalue weighted by atomic mass is 10.1. The predicted octanol–water partition coefficient (Wildman–Crippen LogP) is 3.98. The fourth-order valence-corrected chi connectivity index (χ4v) is 2.52. The Kier molecular flexibility index (Phi) is 4.26. The van der Waals surface area contributed by atoms with E-state index < -0.39 is 11.7 Å². The third-order valence-electron chi connectivity index (χ3n) is 3.30. The van der Waals surface area contributed by atoms with Crippen LogP contribution in [-0.2, 0) is 4.74 Å². The summed E-state index contributed by atoms with van der Waals surface area (Å²) >= 11 is 6.04. The molecule has 0 aliphatic rings. The molecule has 3 aromatic rings. The molecule has 0 aliphatic heterocycles. The van der Waals surface area contributed by atoms with Crippen LogP contribution in [0.5, 0.6) is 0 Å². The standard InChI is InChI=1S/C17H18ClN5O2/c1-17(2,3)25-16(24)21-13-9-20-14(18)8-12(13)10-4-5-23-11(6-10)7-15(19)22-23/h4-9H,1-3H3,(H2,19,22)(H,21,24). The Morgan fingerprint density at radius 3 is 2.80 bits per heavy atom. The number of carbonyl (C=O) groups is 1. The number of nitrogens with zero attached hydrogens (tertiary/aromatic N) is 3. The number of halogens is 1. The van der Waals surface area contributed by atoms with Gasteiger partial charge in [-0.1, -0.05) is 11.6 Å². The van der Waals surface area contributed by atoms with Crippen molar-refractivity contribution in [1.29, 1.82) is 0 Å². The van der Waals surface area contributed by atoms with Crippen LogP contribution in [0.25, 0.3) is 16.6 Å². The van der Waals surface area contributed by atoms with Crippen LogP contribution in [0.3, 0.4) is 0 Å². The van der Waals surface area contributed by atoms with Crippen LogP contribution in [0.15, 0.2) is 36.7 Å². The number of nitrogen functional groups attached to an aromatic ring is 1. The molecule has 3 heterocycles. The smallest absolute Gasteiger partial charge is 0.412 e. The first-order valence-electron chi connectivity index (χ1n) is 7.62. The van der Waals surface area contributed by atoms with E-state index in [2.05, 4.69) is 15.4 Å². The van der Waals surface area contributed by atoms with Gasteiger partial charge in [0.05, 0.1) is 17.4 Å². The van der Waals surface area contributed by atoms with Gasteiger partial charge in [-0.25, -0.2) is 14.3 Å². The van der Waals surface area contributed by atoms with E-state index in [0.29, 0.717) is 22.2 Å². The van der Waals surface area contributed by atoms with Crippen molar-refractivity contribution in [2.24, 2.45) is 0 Å². The van der Waals surface area contributed by atoms with Crippen molar-refractivity contribution in [2.45, 2.75) is 26.4 Å². The summed E-state index contributed by atoms with van der Waals surface area (Å²) in [7, 11) is 0. The lowest BCUT2D eigenvalue weighted by molar-refractivity contribution is 0.0636. The molecule has 0 spiro atoms. The van der Waals surface area contributed by atoms with Gasteiger partial charge in [-0.05, 0) is 44.5 Å². The van der Waals surface area contributed by atoms with Gasteiger partial charge in [0, 0.05) is 17.8 Å². The van der Waals surface area contributed by atoms with E-state index in [4.69, 9.17) is 22.1 Å². The second-order valence-electron chi connectivity index (χ2n) is 6.53. The van der Waals surface area contributed by atoms with Crippen LogP contribution in [0.4, 0.5) is 16.3 Å². The molecule has 0 fully saturated rings. The molecular formula is C17H18ClN5O2. The van der Waals surface area contributed by atoms with Gasteiger partial charge in [-0.15, -0.1) is 0 Å². The number of hydrogen-bond donors (Lipinski definition) is 2. The van der Waals surface area contributed by atoms with Gasteiger partial charge >= 0.3 is 6.09 Å². The summed E-state index contributed by atoms with van der Waals surface area (Å²) in [5.41, 5.74) is 8.00. The van der Waals surface area contributed by atoms with E-state index in [-0.39, 0.29) is 0 Å². The van der Waals surface area contributed by atoms with Crippen LogP contribution < -0.4 is 11.1 Å². The van der Waals surface area contributed by atoms with Crippen LogP contribution in [0, 0.1) is 0 Å². The molecular weight excluding hydrogens is 342 g/mol. The van der Waals surface area contributed by atoms with E-state index in [0.717, 1.165) is 11.1 Å². The first-order chi connectivity index (χ1) is 11.7. The van der Waals surface area contributed by atoms with Gasteiger partial charge in [0.2, 0.25) is 0 Å². The number of amides is 1. The van der Waals surface area contributed by atoms with Crippen molar-refractivity contribution < 1.29 is 9.53 Å². The molecule has 8 heteroatoms. The van der Waals surface area contributed by atoms with Gasteiger partial charge in [-0.2, -0.15) is 5.10 Å². The number of ether oxygens (including phenoxy) is 1. The minimum Gasteiger partial charge on any atom is -0.444 e. The zero-order valence-corrected chi connectivity index (χ0v) is 14.8. The Labute approximate surface area is 149 Å². The number of pyridine rings is 2. The average molecular weight is 360 g/mol. The summed E-state index contributed by atoms with van der Waals surface area (Å²) in [6.45, 7) is 5.39. The maximum atomic E-state index is 12.1. The Balaban J connectivity index is 1.99. The van der Waals surface area contributed by atoms with Gasteiger partial charge in [0.15, 0.2) is 0 Å². The molecule has 3 rings (SSSR count). The summed E-state index contributed by atoms with van der Waals surface area (Å²) in [5.74, 6) is 0.428. The molecule has 0 aromatic carbocycles. The number of carbonyl (C=O) groups excluding carboxylic acids is 1. The number of hydrogen-bond acceptors (Lipinski definition) is 5. The van der Waals surface area contributed by atoms with E-state index in [1.54, 1.807) is 43.6 Å². The number of rotatable bonds is 2. The fourth-order valence-electron chi connectivity index (χ4n) is 2.36. The third kappa shape index (κ3) is 4.00. The summed E-state index contributed by atoms with van der Waals surface area (Å²) in [4.78, 5) is 16.1. The minimum absolute atomic E-state index is 0.317. The first-order valence-corrected chi connectivity index (χ1v) is 8.00. The third-order valence-corrected chi connectivity index (χ3v) is 3.51. The summed E-state index contributed by atoms with van der Waals surface area (Å²) < 4.78 is 6.96. The van der Waals surface area contributed by atoms with Crippen LogP contribution in [0.1, 0.15) is 20.8 Å². The highest BCUT2D eigenvalue weighted by Gasteiger charge is 2.18. The first kappa shape index (κ1) is 17.0. The highest BCUT2D eigenvalue weighted by Crippen LogP contribution is 2.31. The lowest BCUT2D eigenvalue weighted by Crippen LogP contribution is -2.27. The molecule has 0 aliphatic carbocycles. The number of nitrogens with one attached hydrogen (secondary N) is 1. The maximum absolute atomic E-state index is 12.1. The molecule has 25 heavy (non-hydrogen) atoms. The fraction of sp³-hybridized carbons (Fsp3) is 0.235. The van der Waals surface area contributed by atoms with Gasteiger partial charge in [0.1, 0.15) is 16.6 Å². The molecule has 0 atom stereocenters. The maximum Gasteiger partial charge on any atom is 0.412 e. The Bertz CT molecular complexity index is 946. The normalized spacial score (nSPS) is 11.5. The van der Waals surface area contributed by atoms with Crippen molar-refractivity contribution in [2.75, 3.05) is 11.1 Å². The molecule has 7 nitrogen and oxygen atoms in total. The largest absolute Gasteiger partial charge is 0.444 e. The van der Waals surface area contributed by atoms with Crippen LogP contribution >= 0.6 is 11.6 Å². The monoisotopic (exact) mass is 359 g/mol. The molecule has 0 saturated heterocycles. The van der Waals surface area contributed by atoms with Gasteiger partial charge in [-0.3, -0.25) is 5.32 Å². The highest BCUT2D eigenvalue weighted by atomic mass is 35.5. The molecule has 3 N–H and O–H groups in total. The second kappa shape index (κ2) is 6.25. The number of fused-ring (bicyclic) bond motifs is 1. The zero-order valence-electron chi connectivity index (χ0n) is 14.1. The Morgan fingerprint density at radius 1 is 1.32 bits per heavy atom.